The summed E-state index contributed by atoms with van der Waals surface area (Å²) in [6.45, 7) is 4.37. The maximum Gasteiger partial charge on any atom is 0.326 e. The second kappa shape index (κ2) is 7.10. The van der Waals surface area contributed by atoms with Crippen molar-refractivity contribution in [1.82, 2.24) is 14.8 Å². The molecule has 3 atom stereocenters. The summed E-state index contributed by atoms with van der Waals surface area (Å²) in [7, 11) is -2.61. The number of aryl methyl sites for hydroxylation is 2. The normalized spacial score (nSPS) is 22.2. The highest BCUT2D eigenvalue weighted by Gasteiger charge is 2.42. The lowest BCUT2D eigenvalue weighted by molar-refractivity contribution is -0.148. The molecule has 1 saturated heterocycles. The van der Waals surface area contributed by atoms with Crippen LogP contribution in [0, 0.1) is 13.8 Å². The highest BCUT2D eigenvalue weighted by atomic mass is 32.2. The number of ether oxygens (including phenoxy) is 1. The van der Waals surface area contributed by atoms with Crippen LogP contribution >= 0.6 is 0 Å². The van der Waals surface area contributed by atoms with E-state index in [-0.39, 0.29) is 29.3 Å². The molecule has 0 aromatic carbocycles. The Morgan fingerprint density at radius 3 is 2.56 bits per heavy atom. The first-order valence-electron chi connectivity index (χ1n) is 7.59. The summed E-state index contributed by atoms with van der Waals surface area (Å²) in [5.74, 6) is -1.69. The largest absolute Gasteiger partial charge is 0.480 e. The SMILES string of the molecule is COC1CC(C(=O)O)N(C(=O)C(C)NS(=O)(=O)c2c(C)noc2C)C1. The summed E-state index contributed by atoms with van der Waals surface area (Å²) in [6.07, 6.45) is -0.252. The number of aromatic nitrogens is 1. The Hall–Kier alpha value is -1.98. The number of hydrogen-bond donors (Lipinski definition) is 2. The number of carbonyl (C=O) groups is 2. The van der Waals surface area contributed by atoms with Crippen molar-refractivity contribution in [2.75, 3.05) is 13.7 Å². The van der Waals surface area contributed by atoms with Gasteiger partial charge in [0.15, 0.2) is 5.76 Å². The molecule has 2 N–H and O–H groups in total. The van der Waals surface area contributed by atoms with Crippen molar-refractivity contribution in [2.24, 2.45) is 0 Å². The highest BCUT2D eigenvalue weighted by Crippen LogP contribution is 2.23. The number of likely N-dealkylation sites (tertiary alicyclic amines) is 1. The van der Waals surface area contributed by atoms with Crippen LogP contribution in [0.4, 0.5) is 0 Å². The molecule has 140 valence electrons. The van der Waals surface area contributed by atoms with Crippen LogP contribution in [0.15, 0.2) is 9.42 Å². The van der Waals surface area contributed by atoms with Gasteiger partial charge in [0.2, 0.25) is 15.9 Å². The smallest absolute Gasteiger partial charge is 0.326 e. The molecule has 0 saturated carbocycles. The van der Waals surface area contributed by atoms with Crippen molar-refractivity contribution in [2.45, 2.75) is 50.3 Å². The Bertz CT molecular complexity index is 754. The summed E-state index contributed by atoms with van der Waals surface area (Å²) in [6, 6.07) is -2.21. The minimum atomic E-state index is -4.04. The maximum atomic E-state index is 12.6. The zero-order valence-corrected chi connectivity index (χ0v) is 15.2. The Kier molecular flexibility index (Phi) is 5.49. The van der Waals surface area contributed by atoms with Gasteiger partial charge in [0, 0.05) is 20.1 Å². The van der Waals surface area contributed by atoms with E-state index in [0.717, 1.165) is 4.90 Å². The number of nitrogens with one attached hydrogen (secondary N) is 1. The van der Waals surface area contributed by atoms with E-state index in [0.29, 0.717) is 0 Å². The van der Waals surface area contributed by atoms with Crippen LogP contribution in [-0.4, -0.2) is 67.3 Å². The number of aliphatic carboxylic acids is 1. The lowest BCUT2D eigenvalue weighted by atomic mass is 10.2. The van der Waals surface area contributed by atoms with Gasteiger partial charge >= 0.3 is 5.97 Å². The van der Waals surface area contributed by atoms with Crippen LogP contribution in [0.1, 0.15) is 24.8 Å². The molecule has 1 aliphatic rings. The van der Waals surface area contributed by atoms with E-state index in [1.165, 1.54) is 27.9 Å². The zero-order valence-electron chi connectivity index (χ0n) is 14.3. The van der Waals surface area contributed by atoms with E-state index < -0.39 is 40.1 Å². The number of carboxylic acids is 1. The molecule has 25 heavy (non-hydrogen) atoms. The Morgan fingerprint density at radius 1 is 1.44 bits per heavy atom. The summed E-state index contributed by atoms with van der Waals surface area (Å²) >= 11 is 0. The topological polar surface area (TPSA) is 139 Å². The summed E-state index contributed by atoms with van der Waals surface area (Å²) in [4.78, 5) is 24.9. The Balaban J connectivity index is 2.18. The van der Waals surface area contributed by atoms with Gasteiger partial charge in [-0.2, -0.15) is 4.72 Å². The number of sulfonamides is 1. The van der Waals surface area contributed by atoms with Crippen molar-refractivity contribution < 1.29 is 32.4 Å². The lowest BCUT2D eigenvalue weighted by Gasteiger charge is -2.25. The highest BCUT2D eigenvalue weighted by molar-refractivity contribution is 7.89. The lowest BCUT2D eigenvalue weighted by Crippen LogP contribution is -2.50. The van der Waals surface area contributed by atoms with Crippen molar-refractivity contribution in [3.8, 4) is 0 Å². The van der Waals surface area contributed by atoms with Crippen LogP contribution in [0.25, 0.3) is 0 Å². The van der Waals surface area contributed by atoms with Crippen molar-refractivity contribution in [3.05, 3.63) is 11.5 Å². The molecule has 11 heteroatoms. The monoisotopic (exact) mass is 375 g/mol. The molecule has 10 nitrogen and oxygen atoms in total. The molecule has 3 unspecified atom stereocenters. The standard InChI is InChI=1S/C14H21N3O7S/c1-7-12(9(3)24-15-7)25(21,22)16-8(2)13(18)17-6-10(23-4)5-11(17)14(19)20/h8,10-11,16H,5-6H2,1-4H3,(H,19,20). The van der Waals surface area contributed by atoms with Crippen LogP contribution in [0.5, 0.6) is 0 Å². The van der Waals surface area contributed by atoms with Gasteiger partial charge in [-0.25, -0.2) is 13.2 Å². The fourth-order valence-electron chi connectivity index (χ4n) is 2.89. The molecule has 2 heterocycles. The number of amides is 1. The second-order valence-electron chi connectivity index (χ2n) is 5.93. The van der Waals surface area contributed by atoms with Crippen LogP contribution in [0.3, 0.4) is 0 Å². The van der Waals surface area contributed by atoms with Crippen LogP contribution in [0.2, 0.25) is 0 Å². The average Bonchev–Trinajstić information content (AvgIpc) is 3.09. The van der Waals surface area contributed by atoms with Gasteiger partial charge < -0.3 is 19.3 Å². The fourth-order valence-corrected chi connectivity index (χ4v) is 4.42. The van der Waals surface area contributed by atoms with Gasteiger partial charge in [0.05, 0.1) is 12.1 Å². The van der Waals surface area contributed by atoms with E-state index >= 15 is 0 Å². The van der Waals surface area contributed by atoms with Gasteiger partial charge in [0.1, 0.15) is 16.6 Å². The molecule has 1 aromatic rings. The number of carbonyl (C=O) groups excluding carboxylic acids is 1. The van der Waals surface area contributed by atoms with Crippen LogP contribution in [-0.2, 0) is 24.3 Å². The molecule has 0 aliphatic carbocycles. The van der Waals surface area contributed by atoms with Crippen LogP contribution < -0.4 is 4.72 Å². The quantitative estimate of drug-likeness (QED) is 0.688. The molecule has 1 amide bonds. The minimum absolute atomic E-state index is 0.0870. The third-order valence-electron chi connectivity index (χ3n) is 4.10. The van der Waals surface area contributed by atoms with Crippen molar-refractivity contribution in [3.63, 3.8) is 0 Å². The summed E-state index contributed by atoms with van der Waals surface area (Å²) < 4.78 is 37.2. The molecule has 0 radical (unpaired) electrons. The molecular formula is C14H21N3O7S. The van der Waals surface area contributed by atoms with Gasteiger partial charge in [0.25, 0.3) is 0 Å². The van der Waals surface area contributed by atoms with E-state index in [9.17, 15) is 23.1 Å². The number of nitrogens with zero attached hydrogens (tertiary/aromatic N) is 2. The molecule has 1 aromatic heterocycles. The van der Waals surface area contributed by atoms with Gasteiger partial charge in [-0.15, -0.1) is 0 Å². The zero-order chi connectivity index (χ0) is 18.9. The van der Waals surface area contributed by atoms with Gasteiger partial charge in [-0.3, -0.25) is 4.79 Å². The summed E-state index contributed by atoms with van der Waals surface area (Å²) in [5.41, 5.74) is 0.175. The molecule has 0 bridgehead atoms. The van der Waals surface area contributed by atoms with E-state index in [2.05, 4.69) is 9.88 Å². The number of hydrogen-bond acceptors (Lipinski definition) is 7. The first-order chi connectivity index (χ1) is 11.6. The number of carboxylic acid groups (broad SMARTS) is 1. The molecule has 1 aliphatic heterocycles. The Labute approximate surface area is 145 Å². The van der Waals surface area contributed by atoms with Gasteiger partial charge in [-0.05, 0) is 20.8 Å². The van der Waals surface area contributed by atoms with E-state index in [1.807, 2.05) is 0 Å². The van der Waals surface area contributed by atoms with E-state index in [1.54, 1.807) is 0 Å². The first kappa shape index (κ1) is 19.3. The second-order valence-corrected chi connectivity index (χ2v) is 7.59. The minimum Gasteiger partial charge on any atom is -0.480 e. The number of methoxy groups -OCH3 is 1. The Morgan fingerprint density at radius 2 is 2.08 bits per heavy atom. The van der Waals surface area contributed by atoms with E-state index in [4.69, 9.17) is 9.26 Å². The number of rotatable bonds is 6. The third kappa shape index (κ3) is 3.83. The third-order valence-corrected chi connectivity index (χ3v) is 5.89. The first-order valence-corrected chi connectivity index (χ1v) is 9.08. The molecule has 0 spiro atoms. The maximum absolute atomic E-state index is 12.6. The summed E-state index contributed by atoms with van der Waals surface area (Å²) in [5, 5.41) is 12.9. The molecule has 1 fully saturated rings. The fraction of sp³-hybridized carbons (Fsp3) is 0.643. The average molecular weight is 375 g/mol. The molecule has 2 rings (SSSR count). The predicted octanol–water partition coefficient (Wildman–Crippen LogP) is -0.341. The predicted molar refractivity (Wildman–Crippen MR) is 84.3 cm³/mol. The van der Waals surface area contributed by atoms with Gasteiger partial charge in [-0.1, -0.05) is 5.16 Å². The molecular weight excluding hydrogens is 354 g/mol. The van der Waals surface area contributed by atoms with Crippen molar-refractivity contribution >= 4 is 21.9 Å². The van der Waals surface area contributed by atoms with Crippen molar-refractivity contribution in [1.29, 1.82) is 0 Å².